The zero-order chi connectivity index (χ0) is 16.4. The molecule has 2 heterocycles. The largest absolute Gasteiger partial charge is 0.436 e. The SMILES string of the molecule is Cc1ccccc1-c1nc2cc(NCc3ccncc3)ccc2o1. The van der Waals surface area contributed by atoms with Gasteiger partial charge in [-0.1, -0.05) is 18.2 Å². The third-order valence-corrected chi connectivity index (χ3v) is 4.01. The zero-order valence-corrected chi connectivity index (χ0v) is 13.4. The Labute approximate surface area is 140 Å². The smallest absolute Gasteiger partial charge is 0.227 e. The van der Waals surface area contributed by atoms with E-state index < -0.39 is 0 Å². The standard InChI is InChI=1S/C20H17N3O/c1-14-4-2-3-5-17(14)20-23-18-12-16(6-7-19(18)24-20)22-13-15-8-10-21-11-9-15/h2-12,22H,13H2,1H3. The molecule has 0 aliphatic heterocycles. The number of benzene rings is 2. The third-order valence-electron chi connectivity index (χ3n) is 4.01. The first kappa shape index (κ1) is 14.5. The van der Waals surface area contributed by atoms with Crippen LogP contribution in [0.1, 0.15) is 11.1 Å². The van der Waals surface area contributed by atoms with Crippen molar-refractivity contribution in [3.05, 3.63) is 78.1 Å². The Kier molecular flexibility index (Phi) is 3.71. The molecule has 0 bridgehead atoms. The topological polar surface area (TPSA) is 51.0 Å². The minimum atomic E-state index is 0.661. The number of hydrogen-bond donors (Lipinski definition) is 1. The summed E-state index contributed by atoms with van der Waals surface area (Å²) in [7, 11) is 0. The average Bonchev–Trinajstić information content (AvgIpc) is 3.04. The van der Waals surface area contributed by atoms with Crippen molar-refractivity contribution in [1.82, 2.24) is 9.97 Å². The van der Waals surface area contributed by atoms with Gasteiger partial charge >= 0.3 is 0 Å². The number of aryl methyl sites for hydroxylation is 1. The number of nitrogens with zero attached hydrogens (tertiary/aromatic N) is 2. The van der Waals surface area contributed by atoms with Gasteiger partial charge in [-0.15, -0.1) is 0 Å². The van der Waals surface area contributed by atoms with Gasteiger partial charge < -0.3 is 9.73 Å². The molecule has 1 N–H and O–H groups in total. The average molecular weight is 315 g/mol. The Morgan fingerprint density at radius 1 is 1.00 bits per heavy atom. The number of rotatable bonds is 4. The van der Waals surface area contributed by atoms with Crippen molar-refractivity contribution < 1.29 is 4.42 Å². The van der Waals surface area contributed by atoms with Gasteiger partial charge in [0.05, 0.1) is 0 Å². The number of aromatic nitrogens is 2. The molecular formula is C20H17N3O. The van der Waals surface area contributed by atoms with Crippen LogP contribution in [0.4, 0.5) is 5.69 Å². The molecular weight excluding hydrogens is 298 g/mol. The highest BCUT2D eigenvalue weighted by atomic mass is 16.3. The summed E-state index contributed by atoms with van der Waals surface area (Å²) in [5, 5.41) is 3.40. The van der Waals surface area contributed by atoms with Crippen LogP contribution in [-0.4, -0.2) is 9.97 Å². The van der Waals surface area contributed by atoms with E-state index in [9.17, 15) is 0 Å². The number of oxazole rings is 1. The van der Waals surface area contributed by atoms with Gasteiger partial charge in [-0.2, -0.15) is 0 Å². The van der Waals surface area contributed by atoms with Crippen molar-refractivity contribution in [2.75, 3.05) is 5.32 Å². The summed E-state index contributed by atoms with van der Waals surface area (Å²) in [5.74, 6) is 0.661. The van der Waals surface area contributed by atoms with Gasteiger partial charge in [-0.05, 0) is 54.4 Å². The third kappa shape index (κ3) is 2.86. The summed E-state index contributed by atoms with van der Waals surface area (Å²) in [6.45, 7) is 2.81. The second-order valence-corrected chi connectivity index (χ2v) is 5.73. The molecule has 4 aromatic rings. The molecule has 0 radical (unpaired) electrons. The van der Waals surface area contributed by atoms with E-state index in [1.54, 1.807) is 12.4 Å². The van der Waals surface area contributed by atoms with Crippen molar-refractivity contribution in [2.45, 2.75) is 13.5 Å². The molecule has 24 heavy (non-hydrogen) atoms. The highest BCUT2D eigenvalue weighted by Gasteiger charge is 2.10. The van der Waals surface area contributed by atoms with Crippen LogP contribution in [0.15, 0.2) is 71.4 Å². The Balaban J connectivity index is 1.61. The molecule has 0 fully saturated rings. The molecule has 0 amide bonds. The fourth-order valence-corrected chi connectivity index (χ4v) is 2.67. The van der Waals surface area contributed by atoms with Crippen molar-refractivity contribution >= 4 is 16.8 Å². The highest BCUT2D eigenvalue weighted by Crippen LogP contribution is 2.28. The predicted octanol–water partition coefficient (Wildman–Crippen LogP) is 4.81. The lowest BCUT2D eigenvalue weighted by atomic mass is 10.1. The molecule has 0 unspecified atom stereocenters. The van der Waals surface area contributed by atoms with Crippen LogP contribution in [-0.2, 0) is 6.54 Å². The minimum absolute atomic E-state index is 0.661. The monoisotopic (exact) mass is 315 g/mol. The quantitative estimate of drug-likeness (QED) is 0.587. The molecule has 118 valence electrons. The summed E-state index contributed by atoms with van der Waals surface area (Å²) in [4.78, 5) is 8.67. The maximum absolute atomic E-state index is 5.91. The molecule has 0 saturated heterocycles. The van der Waals surface area contributed by atoms with Crippen LogP contribution in [0.2, 0.25) is 0 Å². The van der Waals surface area contributed by atoms with E-state index in [1.165, 1.54) is 5.56 Å². The summed E-state index contributed by atoms with van der Waals surface area (Å²) >= 11 is 0. The van der Waals surface area contributed by atoms with Crippen LogP contribution in [0.25, 0.3) is 22.6 Å². The highest BCUT2D eigenvalue weighted by molar-refractivity contribution is 5.80. The molecule has 0 aliphatic rings. The molecule has 2 aromatic heterocycles. The second-order valence-electron chi connectivity index (χ2n) is 5.73. The summed E-state index contributed by atoms with van der Waals surface area (Å²) in [6, 6.07) is 18.1. The number of nitrogens with one attached hydrogen (secondary N) is 1. The fraction of sp³-hybridized carbons (Fsp3) is 0.100. The van der Waals surface area contributed by atoms with E-state index in [4.69, 9.17) is 4.42 Å². The van der Waals surface area contributed by atoms with Crippen LogP contribution in [0, 0.1) is 6.92 Å². The molecule has 4 rings (SSSR count). The predicted molar refractivity (Wildman–Crippen MR) is 95.7 cm³/mol. The van der Waals surface area contributed by atoms with Crippen LogP contribution in [0.3, 0.4) is 0 Å². The molecule has 2 aromatic carbocycles. The summed E-state index contributed by atoms with van der Waals surface area (Å²) < 4.78 is 5.91. The van der Waals surface area contributed by atoms with Gasteiger partial charge in [0, 0.05) is 30.2 Å². The Bertz CT molecular complexity index is 977. The van der Waals surface area contributed by atoms with Crippen molar-refractivity contribution in [1.29, 1.82) is 0 Å². The van der Waals surface area contributed by atoms with E-state index in [2.05, 4.69) is 28.3 Å². The molecule has 0 spiro atoms. The van der Waals surface area contributed by atoms with E-state index in [-0.39, 0.29) is 0 Å². The lowest BCUT2D eigenvalue weighted by Gasteiger charge is -2.05. The van der Waals surface area contributed by atoms with Gasteiger partial charge in [-0.25, -0.2) is 4.98 Å². The fourth-order valence-electron chi connectivity index (χ4n) is 2.67. The van der Waals surface area contributed by atoms with Gasteiger partial charge in [-0.3, -0.25) is 4.98 Å². The molecule has 0 aliphatic carbocycles. The summed E-state index contributed by atoms with van der Waals surface area (Å²) in [5.41, 5.74) is 6.03. The molecule has 0 saturated carbocycles. The number of pyridine rings is 1. The number of anilines is 1. The normalized spacial score (nSPS) is 10.9. The first-order chi connectivity index (χ1) is 11.8. The van der Waals surface area contributed by atoms with Gasteiger partial charge in [0.1, 0.15) is 5.52 Å². The van der Waals surface area contributed by atoms with E-state index in [0.717, 1.165) is 34.5 Å². The Morgan fingerprint density at radius 2 is 1.83 bits per heavy atom. The van der Waals surface area contributed by atoms with Crippen molar-refractivity contribution in [2.24, 2.45) is 0 Å². The second kappa shape index (κ2) is 6.16. The molecule has 0 atom stereocenters. The maximum atomic E-state index is 5.91. The van der Waals surface area contributed by atoms with Crippen LogP contribution >= 0.6 is 0 Å². The number of fused-ring (bicyclic) bond motifs is 1. The number of hydrogen-bond acceptors (Lipinski definition) is 4. The van der Waals surface area contributed by atoms with E-state index >= 15 is 0 Å². The van der Waals surface area contributed by atoms with E-state index in [0.29, 0.717) is 5.89 Å². The molecule has 4 nitrogen and oxygen atoms in total. The Hall–Kier alpha value is -3.14. The van der Waals surface area contributed by atoms with Crippen molar-refractivity contribution in [3.8, 4) is 11.5 Å². The van der Waals surface area contributed by atoms with Crippen LogP contribution < -0.4 is 5.32 Å². The zero-order valence-electron chi connectivity index (χ0n) is 13.4. The van der Waals surface area contributed by atoms with Crippen molar-refractivity contribution in [3.63, 3.8) is 0 Å². The molecule has 4 heteroatoms. The Morgan fingerprint density at radius 3 is 2.67 bits per heavy atom. The summed E-state index contributed by atoms with van der Waals surface area (Å²) in [6.07, 6.45) is 3.60. The first-order valence-electron chi connectivity index (χ1n) is 7.89. The van der Waals surface area contributed by atoms with Gasteiger partial charge in [0.25, 0.3) is 0 Å². The van der Waals surface area contributed by atoms with Gasteiger partial charge in [0.15, 0.2) is 5.58 Å². The van der Waals surface area contributed by atoms with E-state index in [1.807, 2.05) is 48.5 Å². The van der Waals surface area contributed by atoms with Gasteiger partial charge in [0.2, 0.25) is 5.89 Å². The first-order valence-corrected chi connectivity index (χ1v) is 7.89. The lowest BCUT2D eigenvalue weighted by molar-refractivity contribution is 0.619. The minimum Gasteiger partial charge on any atom is -0.436 e. The van der Waals surface area contributed by atoms with Crippen LogP contribution in [0.5, 0.6) is 0 Å². The lowest BCUT2D eigenvalue weighted by Crippen LogP contribution is -1.98. The maximum Gasteiger partial charge on any atom is 0.227 e.